The molecule has 0 aliphatic carbocycles. The second-order valence-electron chi connectivity index (χ2n) is 6.56. The summed E-state index contributed by atoms with van der Waals surface area (Å²) in [6.45, 7) is 1.35. The van der Waals surface area contributed by atoms with Gasteiger partial charge in [-0.05, 0) is 25.0 Å². The maximum Gasteiger partial charge on any atom is 0.404 e. The molecule has 0 saturated carbocycles. The lowest BCUT2D eigenvalue weighted by Gasteiger charge is -2.31. The van der Waals surface area contributed by atoms with Crippen LogP contribution < -0.4 is 10.2 Å². The monoisotopic (exact) mass is 386 g/mol. The van der Waals surface area contributed by atoms with Gasteiger partial charge in [-0.15, -0.1) is 0 Å². The van der Waals surface area contributed by atoms with E-state index in [1.165, 1.54) is 0 Å². The zero-order chi connectivity index (χ0) is 19.0. The number of halogens is 1. The van der Waals surface area contributed by atoms with Crippen LogP contribution in [-0.2, 0) is 7.05 Å². The van der Waals surface area contributed by atoms with E-state index < -0.39 is 6.09 Å². The Morgan fingerprint density at radius 2 is 2.00 bits per heavy atom. The van der Waals surface area contributed by atoms with Crippen molar-refractivity contribution in [3.05, 3.63) is 35.5 Å². The molecule has 2 N–H and O–H groups in total. The zero-order valence-electron chi connectivity index (χ0n) is 14.8. The smallest absolute Gasteiger partial charge is 0.404 e. The van der Waals surface area contributed by atoms with Crippen LogP contribution in [-0.4, -0.2) is 49.9 Å². The Hall–Kier alpha value is -2.87. The van der Waals surface area contributed by atoms with E-state index in [-0.39, 0.29) is 6.04 Å². The number of rotatable bonds is 3. The number of anilines is 1. The number of amides is 1. The lowest BCUT2D eigenvalue weighted by molar-refractivity contribution is 0.187. The van der Waals surface area contributed by atoms with E-state index in [0.717, 1.165) is 11.0 Å². The molecule has 3 aromatic rings. The molecule has 8 nitrogen and oxygen atoms in total. The fourth-order valence-electron chi connectivity index (χ4n) is 3.42. The van der Waals surface area contributed by atoms with Gasteiger partial charge >= 0.3 is 6.09 Å². The summed E-state index contributed by atoms with van der Waals surface area (Å²) in [5.41, 5.74) is 2.47. The summed E-state index contributed by atoms with van der Waals surface area (Å²) in [5.74, 6) is 1.27. The fourth-order valence-corrected chi connectivity index (χ4v) is 3.60. The fraction of sp³-hybridized carbons (Fsp3) is 0.333. The van der Waals surface area contributed by atoms with Crippen LogP contribution in [0, 0.1) is 0 Å². The molecule has 0 bridgehead atoms. The lowest BCUT2D eigenvalue weighted by Crippen LogP contribution is -2.44. The minimum atomic E-state index is -0.986. The van der Waals surface area contributed by atoms with Crippen molar-refractivity contribution in [3.8, 4) is 11.5 Å². The molecule has 1 amide bonds. The second-order valence-corrected chi connectivity index (χ2v) is 6.97. The lowest BCUT2D eigenvalue weighted by atomic mass is 10.1. The summed E-state index contributed by atoms with van der Waals surface area (Å²) in [5, 5.41) is 11.8. The summed E-state index contributed by atoms with van der Waals surface area (Å²) in [6.07, 6.45) is 2.03. The molecule has 4 rings (SSSR count). The molecule has 1 aliphatic heterocycles. The Labute approximate surface area is 160 Å². The van der Waals surface area contributed by atoms with Gasteiger partial charge in [0.05, 0.1) is 22.3 Å². The Morgan fingerprint density at radius 1 is 1.26 bits per heavy atom. The number of hydrogen-bond acceptors (Lipinski definition) is 5. The van der Waals surface area contributed by atoms with Crippen LogP contribution in [0.25, 0.3) is 22.6 Å². The average molecular weight is 387 g/mol. The Kier molecular flexibility index (Phi) is 4.57. The van der Waals surface area contributed by atoms with Crippen LogP contribution in [0.4, 0.5) is 10.7 Å². The third-order valence-corrected chi connectivity index (χ3v) is 5.11. The number of nitrogens with one attached hydrogen (secondary N) is 1. The highest BCUT2D eigenvalue weighted by molar-refractivity contribution is 6.32. The normalized spacial score (nSPS) is 15.3. The minimum absolute atomic E-state index is 0.0367. The molecular formula is C18H19ClN6O2. The van der Waals surface area contributed by atoms with E-state index in [1.54, 1.807) is 6.20 Å². The van der Waals surface area contributed by atoms with Crippen molar-refractivity contribution in [1.82, 2.24) is 24.8 Å². The number of aryl methyl sites for hydroxylation is 1. The number of piperidine rings is 1. The van der Waals surface area contributed by atoms with Gasteiger partial charge in [-0.2, -0.15) is 0 Å². The first kappa shape index (κ1) is 17.5. The molecule has 1 aromatic carbocycles. The predicted octanol–water partition coefficient (Wildman–Crippen LogP) is 2.92. The van der Waals surface area contributed by atoms with Gasteiger partial charge in [-0.1, -0.05) is 23.7 Å². The molecule has 1 aliphatic rings. The first-order valence-corrected chi connectivity index (χ1v) is 9.09. The number of fused-ring (bicyclic) bond motifs is 1. The van der Waals surface area contributed by atoms with Crippen molar-refractivity contribution < 1.29 is 9.90 Å². The number of carbonyl (C=O) groups is 1. The Balaban J connectivity index is 1.62. The molecule has 9 heteroatoms. The highest BCUT2D eigenvalue weighted by Gasteiger charge is 2.23. The number of para-hydroxylation sites is 2. The Morgan fingerprint density at radius 3 is 2.70 bits per heavy atom. The SMILES string of the molecule is Cn1c(-c2nc(N3CCC(NC(=O)O)CC3)ncc2Cl)nc2ccccc21. The molecule has 1 fully saturated rings. The van der Waals surface area contributed by atoms with Gasteiger partial charge in [0, 0.05) is 26.2 Å². The van der Waals surface area contributed by atoms with E-state index in [2.05, 4.69) is 20.3 Å². The zero-order valence-corrected chi connectivity index (χ0v) is 15.5. The van der Waals surface area contributed by atoms with Crippen LogP contribution >= 0.6 is 11.6 Å². The minimum Gasteiger partial charge on any atom is -0.465 e. The second kappa shape index (κ2) is 7.03. The van der Waals surface area contributed by atoms with Crippen molar-refractivity contribution >= 4 is 34.7 Å². The van der Waals surface area contributed by atoms with E-state index >= 15 is 0 Å². The third kappa shape index (κ3) is 3.40. The van der Waals surface area contributed by atoms with E-state index in [1.807, 2.05) is 40.8 Å². The number of benzene rings is 1. The van der Waals surface area contributed by atoms with Crippen LogP contribution in [0.1, 0.15) is 12.8 Å². The summed E-state index contributed by atoms with van der Waals surface area (Å²) < 4.78 is 1.97. The maximum atomic E-state index is 10.8. The number of imidazole rings is 1. The highest BCUT2D eigenvalue weighted by Crippen LogP contribution is 2.29. The first-order valence-electron chi connectivity index (χ1n) is 8.71. The van der Waals surface area contributed by atoms with Crippen LogP contribution in [0.3, 0.4) is 0 Å². The summed E-state index contributed by atoms with van der Waals surface area (Å²) in [4.78, 5) is 26.5. The topological polar surface area (TPSA) is 96.2 Å². The molecule has 3 heterocycles. The molecule has 2 aromatic heterocycles. The summed E-state index contributed by atoms with van der Waals surface area (Å²) >= 11 is 6.38. The molecule has 27 heavy (non-hydrogen) atoms. The van der Waals surface area contributed by atoms with Crippen LogP contribution in [0.2, 0.25) is 5.02 Å². The first-order chi connectivity index (χ1) is 13.0. The van der Waals surface area contributed by atoms with Crippen molar-refractivity contribution in [2.45, 2.75) is 18.9 Å². The number of nitrogens with zero attached hydrogens (tertiary/aromatic N) is 5. The molecule has 0 unspecified atom stereocenters. The van der Waals surface area contributed by atoms with Crippen molar-refractivity contribution in [2.75, 3.05) is 18.0 Å². The van der Waals surface area contributed by atoms with Crippen molar-refractivity contribution in [2.24, 2.45) is 7.05 Å². The van der Waals surface area contributed by atoms with Gasteiger partial charge in [0.25, 0.3) is 0 Å². The largest absolute Gasteiger partial charge is 0.465 e. The Bertz CT molecular complexity index is 997. The van der Waals surface area contributed by atoms with Crippen molar-refractivity contribution in [1.29, 1.82) is 0 Å². The number of hydrogen-bond donors (Lipinski definition) is 2. The average Bonchev–Trinajstić information content (AvgIpc) is 2.99. The van der Waals surface area contributed by atoms with E-state index in [0.29, 0.717) is 48.4 Å². The van der Waals surface area contributed by atoms with Gasteiger partial charge in [0.1, 0.15) is 5.69 Å². The van der Waals surface area contributed by atoms with Gasteiger partial charge < -0.3 is 19.9 Å². The molecular weight excluding hydrogens is 368 g/mol. The number of carboxylic acid groups (broad SMARTS) is 1. The molecule has 0 radical (unpaired) electrons. The molecule has 0 spiro atoms. The predicted molar refractivity (Wildman–Crippen MR) is 103 cm³/mol. The van der Waals surface area contributed by atoms with Crippen LogP contribution in [0.15, 0.2) is 30.5 Å². The van der Waals surface area contributed by atoms with Crippen LogP contribution in [0.5, 0.6) is 0 Å². The molecule has 1 saturated heterocycles. The van der Waals surface area contributed by atoms with E-state index in [4.69, 9.17) is 16.7 Å². The van der Waals surface area contributed by atoms with Gasteiger partial charge in [-0.3, -0.25) is 0 Å². The molecule has 140 valence electrons. The van der Waals surface area contributed by atoms with Gasteiger partial charge in [-0.25, -0.2) is 19.7 Å². The summed E-state index contributed by atoms with van der Waals surface area (Å²) in [6, 6.07) is 7.83. The van der Waals surface area contributed by atoms with Gasteiger partial charge in [0.15, 0.2) is 5.82 Å². The van der Waals surface area contributed by atoms with Gasteiger partial charge in [0.2, 0.25) is 5.95 Å². The standard InChI is InChI=1S/C18H19ClN6O2/c1-24-14-5-3-2-4-13(14)22-16(24)15-12(19)10-20-17(23-15)25-8-6-11(7-9-25)21-18(26)27/h2-5,10-11,21H,6-9H2,1H3,(H,26,27). The third-order valence-electron chi connectivity index (χ3n) is 4.84. The quantitative estimate of drug-likeness (QED) is 0.718. The number of aromatic nitrogens is 4. The highest BCUT2D eigenvalue weighted by atomic mass is 35.5. The van der Waals surface area contributed by atoms with E-state index in [9.17, 15) is 4.79 Å². The van der Waals surface area contributed by atoms with Crippen molar-refractivity contribution in [3.63, 3.8) is 0 Å². The molecule has 0 atom stereocenters. The maximum absolute atomic E-state index is 10.8. The summed E-state index contributed by atoms with van der Waals surface area (Å²) in [7, 11) is 1.94.